The van der Waals surface area contributed by atoms with E-state index < -0.39 is 34.7 Å². The van der Waals surface area contributed by atoms with E-state index in [2.05, 4.69) is 4.98 Å². The molecule has 8 nitrogen and oxygen atoms in total. The average Bonchev–Trinajstić information content (AvgIpc) is 2.89. The fraction of sp³-hybridized carbons (Fsp3) is 0.355. The molecule has 0 bridgehead atoms. The van der Waals surface area contributed by atoms with Crippen molar-refractivity contribution in [1.82, 2.24) is 19.0 Å². The van der Waals surface area contributed by atoms with E-state index in [0.717, 1.165) is 29.0 Å². The number of hydrogen-bond acceptors (Lipinski definition) is 4. The largest absolute Gasteiger partial charge is 0.465 e. The second-order valence-electron chi connectivity index (χ2n) is 11.5. The van der Waals surface area contributed by atoms with Crippen molar-refractivity contribution >= 4 is 17.1 Å². The highest BCUT2D eigenvalue weighted by atomic mass is 19.1. The lowest BCUT2D eigenvalue weighted by atomic mass is 9.88. The lowest BCUT2D eigenvalue weighted by Crippen LogP contribution is -2.53. The Morgan fingerprint density at radius 2 is 1.73 bits per heavy atom. The van der Waals surface area contributed by atoms with Crippen LogP contribution in [0, 0.1) is 12.7 Å². The normalized spacial score (nSPS) is 17.6. The third-order valence-electron chi connectivity index (χ3n) is 7.78. The minimum absolute atomic E-state index is 0.0184. The summed E-state index contributed by atoms with van der Waals surface area (Å²) in [5.74, 6) is -0.666. The Bertz CT molecular complexity index is 1710. The Kier molecular flexibility index (Phi) is 7.08. The molecule has 4 aromatic rings. The number of rotatable bonds is 4. The number of amides is 1. The van der Waals surface area contributed by atoms with Crippen LogP contribution in [0.4, 0.5) is 9.18 Å². The Hall–Kier alpha value is -4.27. The lowest BCUT2D eigenvalue weighted by Gasteiger charge is -2.42. The quantitative estimate of drug-likeness (QED) is 0.344. The van der Waals surface area contributed by atoms with Gasteiger partial charge in [-0.25, -0.2) is 23.5 Å². The Balaban J connectivity index is 1.62. The molecule has 0 spiro atoms. The summed E-state index contributed by atoms with van der Waals surface area (Å²) in [5, 5.41) is 9.85. The van der Waals surface area contributed by atoms with E-state index >= 15 is 0 Å². The van der Waals surface area contributed by atoms with Crippen molar-refractivity contribution in [3.05, 3.63) is 93.0 Å². The van der Waals surface area contributed by atoms with Gasteiger partial charge in [-0.2, -0.15) is 0 Å². The van der Waals surface area contributed by atoms with Gasteiger partial charge in [-0.3, -0.25) is 9.36 Å². The number of benzene rings is 2. The first-order valence-corrected chi connectivity index (χ1v) is 13.5. The van der Waals surface area contributed by atoms with Crippen LogP contribution in [0.15, 0.2) is 70.4 Å². The number of carboxylic acid groups (broad SMARTS) is 1. The number of aromatic nitrogens is 3. The van der Waals surface area contributed by atoms with E-state index in [1.165, 1.54) is 14.0 Å². The summed E-state index contributed by atoms with van der Waals surface area (Å²) in [7, 11) is 0. The molecule has 2 aromatic carbocycles. The van der Waals surface area contributed by atoms with E-state index in [1.807, 2.05) is 70.2 Å². The number of pyridine rings is 1. The summed E-state index contributed by atoms with van der Waals surface area (Å²) in [5.41, 5.74) is 1.86. The van der Waals surface area contributed by atoms with Gasteiger partial charge < -0.3 is 10.0 Å². The summed E-state index contributed by atoms with van der Waals surface area (Å²) in [6.45, 7) is 7.57. The summed E-state index contributed by atoms with van der Waals surface area (Å²) >= 11 is 0. The summed E-state index contributed by atoms with van der Waals surface area (Å²) in [6, 6.07) is 15.8. The van der Waals surface area contributed by atoms with E-state index in [0.29, 0.717) is 31.4 Å². The third-order valence-corrected chi connectivity index (χ3v) is 7.78. The van der Waals surface area contributed by atoms with Gasteiger partial charge in [0.1, 0.15) is 5.82 Å². The molecule has 2 aromatic heterocycles. The number of hydrogen-bond donors (Lipinski definition) is 1. The predicted octanol–water partition coefficient (Wildman–Crippen LogP) is 5.92. The van der Waals surface area contributed by atoms with Crippen molar-refractivity contribution in [1.29, 1.82) is 0 Å². The van der Waals surface area contributed by atoms with Crippen LogP contribution in [0.3, 0.4) is 0 Å². The Morgan fingerprint density at radius 3 is 2.38 bits per heavy atom. The molecule has 1 aliphatic rings. The first-order chi connectivity index (χ1) is 19.0. The summed E-state index contributed by atoms with van der Waals surface area (Å²) in [4.78, 5) is 45.4. The van der Waals surface area contributed by atoms with Crippen LogP contribution in [0.25, 0.3) is 27.8 Å². The average molecular weight is 545 g/mol. The van der Waals surface area contributed by atoms with E-state index in [1.54, 1.807) is 6.07 Å². The molecule has 5 rings (SSSR count). The molecule has 40 heavy (non-hydrogen) atoms. The molecule has 1 fully saturated rings. The minimum Gasteiger partial charge on any atom is -0.465 e. The molecular weight excluding hydrogens is 511 g/mol. The molecular formula is C31H33FN4O4. The highest BCUT2D eigenvalue weighted by Gasteiger charge is 2.36. The molecule has 0 saturated heterocycles. The van der Waals surface area contributed by atoms with Crippen molar-refractivity contribution < 1.29 is 14.3 Å². The van der Waals surface area contributed by atoms with E-state index in [-0.39, 0.29) is 17.1 Å². The van der Waals surface area contributed by atoms with Crippen LogP contribution in [-0.4, -0.2) is 41.8 Å². The molecule has 1 N–H and O–H groups in total. The van der Waals surface area contributed by atoms with Crippen molar-refractivity contribution in [2.24, 2.45) is 0 Å². The third kappa shape index (κ3) is 4.92. The Morgan fingerprint density at radius 1 is 1.02 bits per heavy atom. The standard InChI is InChI=1S/C31H33FN4O4/c1-19-8-5-6-11-25(19)20-9-7-10-24(16-20)34-27-26(17-21(32)18-33-27)28(37)35(29(34)38)22-12-14-23(15-13-22)36(30(39)40)31(2,3)4/h5-11,16-18,22-23H,12-15H2,1-4H3,(H,39,40)/t22-,23+. The van der Waals surface area contributed by atoms with Crippen molar-refractivity contribution in [2.45, 2.75) is 71.0 Å². The van der Waals surface area contributed by atoms with Gasteiger partial charge in [-0.15, -0.1) is 0 Å². The highest BCUT2D eigenvalue weighted by molar-refractivity contribution is 5.77. The SMILES string of the molecule is Cc1ccccc1-c1cccc(-n2c(=O)n([C@H]3CC[C@@H](N(C(=O)O)C(C)(C)C)CC3)c(=O)c3cc(F)cnc32)c1. The van der Waals surface area contributed by atoms with Crippen LogP contribution in [-0.2, 0) is 0 Å². The van der Waals surface area contributed by atoms with Gasteiger partial charge in [0, 0.05) is 17.6 Å². The topological polar surface area (TPSA) is 97.4 Å². The van der Waals surface area contributed by atoms with E-state index in [9.17, 15) is 23.9 Å². The maximum absolute atomic E-state index is 14.3. The second-order valence-corrected chi connectivity index (χ2v) is 11.5. The molecule has 0 unspecified atom stereocenters. The minimum atomic E-state index is -0.990. The zero-order valence-corrected chi connectivity index (χ0v) is 23.1. The van der Waals surface area contributed by atoms with Crippen LogP contribution >= 0.6 is 0 Å². The molecule has 0 radical (unpaired) electrons. The predicted molar refractivity (Wildman–Crippen MR) is 153 cm³/mol. The van der Waals surface area contributed by atoms with Gasteiger partial charge in [-0.05, 0) is 88.3 Å². The molecule has 0 aliphatic heterocycles. The van der Waals surface area contributed by atoms with Gasteiger partial charge >= 0.3 is 11.8 Å². The molecule has 208 valence electrons. The zero-order chi connectivity index (χ0) is 28.8. The fourth-order valence-corrected chi connectivity index (χ4v) is 6.01. The maximum atomic E-state index is 14.3. The van der Waals surface area contributed by atoms with Gasteiger partial charge in [-0.1, -0.05) is 36.4 Å². The lowest BCUT2D eigenvalue weighted by molar-refractivity contribution is 0.0506. The van der Waals surface area contributed by atoms with Gasteiger partial charge in [0.2, 0.25) is 0 Å². The smallest absolute Gasteiger partial charge is 0.407 e. The number of carbonyl (C=O) groups is 1. The molecule has 2 heterocycles. The van der Waals surface area contributed by atoms with Crippen molar-refractivity contribution in [2.75, 3.05) is 0 Å². The monoisotopic (exact) mass is 544 g/mol. The molecule has 0 atom stereocenters. The number of nitrogens with zero attached hydrogens (tertiary/aromatic N) is 4. The summed E-state index contributed by atoms with van der Waals surface area (Å²) < 4.78 is 16.9. The second kappa shape index (κ2) is 10.4. The molecule has 9 heteroatoms. The fourth-order valence-electron chi connectivity index (χ4n) is 6.01. The number of fused-ring (bicyclic) bond motifs is 1. The number of aryl methyl sites for hydroxylation is 1. The zero-order valence-electron chi connectivity index (χ0n) is 23.1. The van der Waals surface area contributed by atoms with Crippen molar-refractivity contribution in [3.8, 4) is 16.8 Å². The first-order valence-electron chi connectivity index (χ1n) is 13.5. The van der Waals surface area contributed by atoms with Crippen molar-refractivity contribution in [3.63, 3.8) is 0 Å². The van der Waals surface area contributed by atoms with Gasteiger partial charge in [0.15, 0.2) is 5.65 Å². The highest BCUT2D eigenvalue weighted by Crippen LogP contribution is 2.33. The molecule has 1 amide bonds. The van der Waals surface area contributed by atoms with E-state index in [4.69, 9.17) is 0 Å². The van der Waals surface area contributed by atoms with Crippen LogP contribution in [0.1, 0.15) is 58.1 Å². The van der Waals surface area contributed by atoms with Crippen LogP contribution in [0.5, 0.6) is 0 Å². The number of halogens is 1. The van der Waals surface area contributed by atoms with Crippen LogP contribution < -0.4 is 11.2 Å². The van der Waals surface area contributed by atoms with Gasteiger partial charge in [0.05, 0.1) is 17.3 Å². The first kappa shape index (κ1) is 27.3. The Labute approximate surface area is 231 Å². The molecule has 1 saturated carbocycles. The molecule has 1 aliphatic carbocycles. The maximum Gasteiger partial charge on any atom is 0.407 e. The van der Waals surface area contributed by atoms with Crippen LogP contribution in [0.2, 0.25) is 0 Å². The van der Waals surface area contributed by atoms with Gasteiger partial charge in [0.25, 0.3) is 5.56 Å². The summed E-state index contributed by atoms with van der Waals surface area (Å²) in [6.07, 6.45) is 1.90.